The minimum absolute atomic E-state index is 0.196. The Balaban J connectivity index is 0.000000298. The van der Waals surface area contributed by atoms with Crippen LogP contribution in [0.25, 0.3) is 0 Å². The first-order valence-electron chi connectivity index (χ1n) is 8.68. The summed E-state index contributed by atoms with van der Waals surface area (Å²) >= 11 is 6.55. The van der Waals surface area contributed by atoms with Crippen molar-refractivity contribution in [3.05, 3.63) is 57.6 Å². The molecule has 1 atom stereocenters. The fourth-order valence-corrected chi connectivity index (χ4v) is 3.59. The summed E-state index contributed by atoms with van der Waals surface area (Å²) in [5.74, 6) is -1.12. The Morgan fingerprint density at radius 3 is 2.55 bits per heavy atom. The van der Waals surface area contributed by atoms with Gasteiger partial charge >= 0.3 is 12.1 Å². The minimum Gasteiger partial charge on any atom is -0.508 e. The van der Waals surface area contributed by atoms with Crippen LogP contribution in [0.1, 0.15) is 28.2 Å². The molecule has 0 aromatic heterocycles. The smallest absolute Gasteiger partial charge is 0.470 e. The number of amides is 1. The molecule has 29 heavy (non-hydrogen) atoms. The molecular weight excluding hydrogens is 413 g/mol. The number of phenols is 1. The molecule has 2 aliphatic heterocycles. The summed E-state index contributed by atoms with van der Waals surface area (Å²) in [6.45, 7) is 2.15. The first kappa shape index (κ1) is 21.2. The lowest BCUT2D eigenvalue weighted by Crippen LogP contribution is -2.30. The Labute approximate surface area is 169 Å². The quantitative estimate of drug-likeness (QED) is 0.604. The van der Waals surface area contributed by atoms with E-state index < -0.39 is 12.1 Å². The standard InChI is InChI=1S/C17H16ClNO3.C2H2F3NO/c18-16-13-5-6-19-8-15(10-1-3-12(20)4-2-10)14(13)7-11-9-21-22-17(11)16;3-2(4,5)1(6)7/h1-4,7,15,19-20H,5-6,8-9H2;(H2,6,7). The maximum atomic E-state index is 10.7. The largest absolute Gasteiger partial charge is 0.508 e. The summed E-state index contributed by atoms with van der Waals surface area (Å²) in [7, 11) is 0. The molecule has 4 rings (SSSR count). The number of benzene rings is 2. The molecule has 6 nitrogen and oxygen atoms in total. The highest BCUT2D eigenvalue weighted by Gasteiger charge is 2.35. The maximum Gasteiger partial charge on any atom is 0.470 e. The van der Waals surface area contributed by atoms with Gasteiger partial charge in [0, 0.05) is 18.0 Å². The third kappa shape index (κ3) is 4.75. The van der Waals surface area contributed by atoms with Crippen LogP contribution in [0.5, 0.6) is 11.5 Å². The molecule has 1 amide bonds. The molecule has 1 unspecified atom stereocenters. The minimum atomic E-state index is -4.86. The third-order valence-electron chi connectivity index (χ3n) is 4.64. The number of halogens is 4. The van der Waals surface area contributed by atoms with Crippen LogP contribution in [-0.2, 0) is 22.7 Å². The fourth-order valence-electron chi connectivity index (χ4n) is 3.23. The monoisotopic (exact) mass is 430 g/mol. The van der Waals surface area contributed by atoms with E-state index in [9.17, 15) is 18.3 Å². The van der Waals surface area contributed by atoms with Gasteiger partial charge in [-0.15, -0.1) is 0 Å². The Bertz CT molecular complexity index is 904. The lowest BCUT2D eigenvalue weighted by molar-refractivity contribution is -0.194. The summed E-state index contributed by atoms with van der Waals surface area (Å²) in [6, 6.07) is 9.52. The van der Waals surface area contributed by atoms with E-state index in [2.05, 4.69) is 17.1 Å². The van der Waals surface area contributed by atoms with Crippen molar-refractivity contribution in [1.29, 1.82) is 0 Å². The van der Waals surface area contributed by atoms with E-state index in [0.29, 0.717) is 17.4 Å². The zero-order chi connectivity index (χ0) is 21.2. The number of phenolic OH excluding ortho intramolecular Hbond substituents is 1. The Morgan fingerprint density at radius 1 is 1.28 bits per heavy atom. The predicted molar refractivity (Wildman–Crippen MR) is 98.6 cm³/mol. The van der Waals surface area contributed by atoms with E-state index in [1.807, 2.05) is 12.1 Å². The highest BCUT2D eigenvalue weighted by Crippen LogP contribution is 2.43. The number of carbonyl (C=O) groups excluding carboxylic acids is 1. The molecule has 0 radical (unpaired) electrons. The van der Waals surface area contributed by atoms with Crippen molar-refractivity contribution in [3.63, 3.8) is 0 Å². The number of aromatic hydroxyl groups is 1. The highest BCUT2D eigenvalue weighted by atomic mass is 35.5. The molecule has 0 saturated carbocycles. The van der Waals surface area contributed by atoms with E-state index in [1.165, 1.54) is 5.56 Å². The molecule has 4 N–H and O–H groups in total. The van der Waals surface area contributed by atoms with E-state index in [0.717, 1.165) is 36.2 Å². The Morgan fingerprint density at radius 2 is 1.93 bits per heavy atom. The van der Waals surface area contributed by atoms with E-state index in [1.54, 1.807) is 12.1 Å². The van der Waals surface area contributed by atoms with Crippen molar-refractivity contribution in [3.8, 4) is 11.5 Å². The number of nitrogens with two attached hydrogens (primary N) is 1. The highest BCUT2D eigenvalue weighted by molar-refractivity contribution is 6.33. The van der Waals surface area contributed by atoms with Gasteiger partial charge in [-0.3, -0.25) is 4.79 Å². The average Bonchev–Trinajstić information content (AvgIpc) is 3.03. The Hall–Kier alpha value is -2.49. The molecule has 10 heteroatoms. The van der Waals surface area contributed by atoms with E-state index in [-0.39, 0.29) is 11.7 Å². The van der Waals surface area contributed by atoms with Gasteiger partial charge in [0.2, 0.25) is 0 Å². The van der Waals surface area contributed by atoms with Crippen LogP contribution in [0.2, 0.25) is 5.02 Å². The number of rotatable bonds is 1. The maximum absolute atomic E-state index is 10.7. The second-order valence-corrected chi connectivity index (χ2v) is 6.93. The SMILES string of the molecule is NC(=O)C(F)(F)F.Oc1ccc(C2CNCCc3c2cc2c(c3Cl)OOC2)cc1. The van der Waals surface area contributed by atoms with Crippen LogP contribution < -0.4 is 15.9 Å². The molecule has 0 saturated heterocycles. The van der Waals surface area contributed by atoms with Crippen molar-refractivity contribution in [2.24, 2.45) is 5.73 Å². The molecule has 0 fully saturated rings. The first-order valence-corrected chi connectivity index (χ1v) is 9.06. The van der Waals surface area contributed by atoms with Gasteiger partial charge in [-0.1, -0.05) is 23.7 Å². The van der Waals surface area contributed by atoms with Crippen molar-refractivity contribution in [1.82, 2.24) is 5.32 Å². The van der Waals surface area contributed by atoms with Gasteiger partial charge in [0.05, 0.1) is 5.02 Å². The lowest BCUT2D eigenvalue weighted by Gasteiger charge is -2.20. The van der Waals surface area contributed by atoms with Gasteiger partial charge in [-0.05, 0) is 47.9 Å². The van der Waals surface area contributed by atoms with Crippen LogP contribution in [0.3, 0.4) is 0 Å². The van der Waals surface area contributed by atoms with Crippen LogP contribution >= 0.6 is 11.6 Å². The topological polar surface area (TPSA) is 93.8 Å². The third-order valence-corrected chi connectivity index (χ3v) is 5.04. The van der Waals surface area contributed by atoms with Crippen LogP contribution in [0, 0.1) is 0 Å². The molecule has 2 aliphatic rings. The predicted octanol–water partition coefficient (Wildman–Crippen LogP) is 3.18. The second kappa shape index (κ2) is 8.48. The van der Waals surface area contributed by atoms with Gasteiger partial charge < -0.3 is 21.0 Å². The number of hydrogen-bond donors (Lipinski definition) is 3. The van der Waals surface area contributed by atoms with E-state index >= 15 is 0 Å². The van der Waals surface area contributed by atoms with Gasteiger partial charge in [-0.2, -0.15) is 18.1 Å². The Kier molecular flexibility index (Phi) is 6.21. The molecule has 0 spiro atoms. The molecule has 0 bridgehead atoms. The summed E-state index contributed by atoms with van der Waals surface area (Å²) in [5.41, 5.74) is 8.29. The molecule has 2 aromatic carbocycles. The van der Waals surface area contributed by atoms with Gasteiger partial charge in [-0.25, -0.2) is 0 Å². The van der Waals surface area contributed by atoms with Crippen molar-refractivity contribution < 1.29 is 32.8 Å². The second-order valence-electron chi connectivity index (χ2n) is 6.55. The zero-order valence-electron chi connectivity index (χ0n) is 15.1. The zero-order valence-corrected chi connectivity index (χ0v) is 15.8. The molecular formula is C19H18ClF3N2O4. The number of hydrogen-bond acceptors (Lipinski definition) is 5. The molecule has 2 heterocycles. The number of primary amides is 1. The number of carbonyl (C=O) groups is 1. The van der Waals surface area contributed by atoms with Gasteiger partial charge in [0.15, 0.2) is 5.75 Å². The molecule has 0 aliphatic carbocycles. The summed E-state index contributed by atoms with van der Waals surface area (Å²) in [5, 5.41) is 13.6. The average molecular weight is 431 g/mol. The number of nitrogens with one attached hydrogen (secondary N) is 1. The molecule has 156 valence electrons. The summed E-state index contributed by atoms with van der Waals surface area (Å²) < 4.78 is 32.1. The number of alkyl halides is 3. The van der Waals surface area contributed by atoms with Crippen LogP contribution in [0.15, 0.2) is 30.3 Å². The van der Waals surface area contributed by atoms with Crippen molar-refractivity contribution >= 4 is 17.5 Å². The van der Waals surface area contributed by atoms with Gasteiger partial charge in [0.1, 0.15) is 12.4 Å². The summed E-state index contributed by atoms with van der Waals surface area (Å²) in [6.07, 6.45) is -4.00. The van der Waals surface area contributed by atoms with Crippen molar-refractivity contribution in [2.45, 2.75) is 25.1 Å². The first-order chi connectivity index (χ1) is 13.7. The molecule has 2 aromatic rings. The number of fused-ring (bicyclic) bond motifs is 2. The van der Waals surface area contributed by atoms with Crippen molar-refractivity contribution in [2.75, 3.05) is 13.1 Å². The fraction of sp³-hybridized carbons (Fsp3) is 0.316. The van der Waals surface area contributed by atoms with Crippen LogP contribution in [0.4, 0.5) is 13.2 Å². The van der Waals surface area contributed by atoms with E-state index in [4.69, 9.17) is 26.2 Å². The van der Waals surface area contributed by atoms with Crippen LogP contribution in [-0.4, -0.2) is 30.3 Å². The summed E-state index contributed by atoms with van der Waals surface area (Å²) in [4.78, 5) is 19.4. The lowest BCUT2D eigenvalue weighted by atomic mass is 9.86. The van der Waals surface area contributed by atoms with Gasteiger partial charge in [0.25, 0.3) is 0 Å². The normalized spacial score (nSPS) is 17.9.